The van der Waals surface area contributed by atoms with E-state index in [0.717, 1.165) is 25.9 Å². The van der Waals surface area contributed by atoms with Gasteiger partial charge in [-0.2, -0.15) is 0 Å². The summed E-state index contributed by atoms with van der Waals surface area (Å²) in [7, 11) is -0.154. The minimum Gasteiger partial charge on any atom is -0.444 e. The van der Waals surface area contributed by atoms with Crippen LogP contribution in [0.25, 0.3) is 0 Å². The lowest BCUT2D eigenvalue weighted by Crippen LogP contribution is -2.41. The van der Waals surface area contributed by atoms with E-state index in [0.29, 0.717) is 5.82 Å². The lowest BCUT2D eigenvalue weighted by Gasteiger charge is -2.32. The smallest absolute Gasteiger partial charge is 0.444 e. The molecular formula is C17H30BNO4. The number of nitrogens with zero attached hydrogens (tertiary/aromatic N) is 1. The van der Waals surface area contributed by atoms with E-state index in [1.54, 1.807) is 0 Å². The molecule has 1 spiro atoms. The molecule has 1 aliphatic carbocycles. The fourth-order valence-corrected chi connectivity index (χ4v) is 3.66. The van der Waals surface area contributed by atoms with Gasteiger partial charge >= 0.3 is 13.2 Å². The Hall–Kier alpha value is -0.745. The van der Waals surface area contributed by atoms with E-state index in [-0.39, 0.29) is 29.8 Å². The van der Waals surface area contributed by atoms with Gasteiger partial charge in [0.05, 0.1) is 11.2 Å². The van der Waals surface area contributed by atoms with Gasteiger partial charge in [-0.15, -0.1) is 0 Å². The molecule has 6 heteroatoms. The first-order valence-electron chi connectivity index (χ1n) is 8.69. The maximum atomic E-state index is 12.3. The average molecular weight is 323 g/mol. The summed E-state index contributed by atoms with van der Waals surface area (Å²) in [5, 5.41) is 0. The first-order valence-corrected chi connectivity index (χ1v) is 8.69. The third kappa shape index (κ3) is 3.00. The predicted molar refractivity (Wildman–Crippen MR) is 89.3 cm³/mol. The normalized spacial score (nSPS) is 35.0. The summed E-state index contributed by atoms with van der Waals surface area (Å²) in [5.41, 5.74) is -0.852. The molecule has 2 saturated heterocycles. The Kier molecular flexibility index (Phi) is 3.63. The molecule has 23 heavy (non-hydrogen) atoms. The molecular weight excluding hydrogens is 293 g/mol. The van der Waals surface area contributed by atoms with Gasteiger partial charge in [0, 0.05) is 18.9 Å². The van der Waals surface area contributed by atoms with Crippen LogP contribution in [0.2, 0.25) is 5.82 Å². The van der Waals surface area contributed by atoms with Crippen molar-refractivity contribution in [1.82, 2.24) is 4.90 Å². The molecule has 0 N–H and O–H groups in total. The van der Waals surface area contributed by atoms with Crippen molar-refractivity contribution < 1.29 is 18.8 Å². The van der Waals surface area contributed by atoms with E-state index < -0.39 is 5.60 Å². The molecule has 0 aromatic rings. The number of rotatable bonds is 1. The van der Waals surface area contributed by atoms with E-state index in [1.807, 2.05) is 25.7 Å². The molecule has 2 atom stereocenters. The van der Waals surface area contributed by atoms with Crippen LogP contribution >= 0.6 is 0 Å². The van der Waals surface area contributed by atoms with Crippen LogP contribution < -0.4 is 0 Å². The molecule has 3 aliphatic rings. The van der Waals surface area contributed by atoms with Crippen molar-refractivity contribution in [2.75, 3.05) is 13.1 Å². The molecule has 0 aromatic heterocycles. The first kappa shape index (κ1) is 17.1. The van der Waals surface area contributed by atoms with Crippen LogP contribution in [-0.4, -0.2) is 48.0 Å². The molecule has 0 bridgehead atoms. The van der Waals surface area contributed by atoms with Crippen molar-refractivity contribution in [3.8, 4) is 0 Å². The molecule has 1 amide bonds. The Morgan fingerprint density at radius 1 is 1.17 bits per heavy atom. The van der Waals surface area contributed by atoms with Crippen molar-refractivity contribution in [3.05, 3.63) is 0 Å². The molecule has 0 radical (unpaired) electrons. The summed E-state index contributed by atoms with van der Waals surface area (Å²) in [6.45, 7) is 15.6. The summed E-state index contributed by atoms with van der Waals surface area (Å²) in [6, 6.07) is 0. The highest BCUT2D eigenvalue weighted by molar-refractivity contribution is 6.49. The first-order chi connectivity index (χ1) is 10.4. The Balaban J connectivity index is 1.60. The zero-order valence-electron chi connectivity index (χ0n) is 15.6. The topological polar surface area (TPSA) is 48.0 Å². The lowest BCUT2D eigenvalue weighted by molar-refractivity contribution is 0.00578. The summed E-state index contributed by atoms with van der Waals surface area (Å²) in [6.07, 6.45) is 1.89. The SMILES string of the molecule is CC(C)(C)OC(=O)N1CC[C@@]2(C[C@@H]2B2OC(C)(C)C(C)(C)O2)C1. The van der Waals surface area contributed by atoms with Crippen LogP contribution in [0, 0.1) is 5.41 Å². The average Bonchev–Trinajstić information content (AvgIpc) is 2.76. The number of amides is 1. The van der Waals surface area contributed by atoms with E-state index in [1.165, 1.54) is 0 Å². The van der Waals surface area contributed by atoms with Gasteiger partial charge in [0.15, 0.2) is 0 Å². The van der Waals surface area contributed by atoms with Crippen LogP contribution in [0.3, 0.4) is 0 Å². The van der Waals surface area contributed by atoms with Crippen molar-refractivity contribution in [1.29, 1.82) is 0 Å². The highest BCUT2D eigenvalue weighted by Crippen LogP contribution is 2.66. The Morgan fingerprint density at radius 2 is 1.74 bits per heavy atom. The molecule has 2 aliphatic heterocycles. The van der Waals surface area contributed by atoms with E-state index in [2.05, 4.69) is 27.7 Å². The molecule has 3 fully saturated rings. The molecule has 1 saturated carbocycles. The number of likely N-dealkylation sites (tertiary alicyclic amines) is 1. The number of carbonyl (C=O) groups excluding carboxylic acids is 1. The zero-order valence-corrected chi connectivity index (χ0v) is 15.6. The third-order valence-electron chi connectivity index (χ3n) is 5.89. The highest BCUT2D eigenvalue weighted by Gasteiger charge is 2.68. The summed E-state index contributed by atoms with van der Waals surface area (Å²) < 4.78 is 17.9. The monoisotopic (exact) mass is 323 g/mol. The molecule has 2 heterocycles. The lowest BCUT2D eigenvalue weighted by atomic mass is 9.76. The van der Waals surface area contributed by atoms with E-state index in [9.17, 15) is 4.79 Å². The fourth-order valence-electron chi connectivity index (χ4n) is 3.66. The van der Waals surface area contributed by atoms with Crippen LogP contribution in [0.1, 0.15) is 61.3 Å². The quantitative estimate of drug-likeness (QED) is 0.693. The zero-order chi connectivity index (χ0) is 17.3. The van der Waals surface area contributed by atoms with Crippen LogP contribution in [0.5, 0.6) is 0 Å². The van der Waals surface area contributed by atoms with Gasteiger partial charge in [0.2, 0.25) is 0 Å². The molecule has 3 rings (SSSR count). The number of hydrogen-bond donors (Lipinski definition) is 0. The third-order valence-corrected chi connectivity index (χ3v) is 5.89. The second kappa shape index (κ2) is 4.88. The second-order valence-corrected chi connectivity index (χ2v) is 9.45. The van der Waals surface area contributed by atoms with Crippen LogP contribution in [0.4, 0.5) is 4.79 Å². The standard InChI is InChI=1S/C17H30BNO4/c1-14(2,3)21-13(20)19-9-8-17(11-19)10-12(17)18-22-15(4,5)16(6,7)23-18/h12H,8-11H2,1-7H3/t12-,17+/m0/s1. The van der Waals surface area contributed by atoms with Crippen molar-refractivity contribution in [2.45, 2.75) is 83.9 Å². The Morgan fingerprint density at radius 3 is 2.26 bits per heavy atom. The number of carbonyl (C=O) groups is 1. The van der Waals surface area contributed by atoms with E-state index in [4.69, 9.17) is 14.0 Å². The highest BCUT2D eigenvalue weighted by atomic mass is 16.7. The number of ether oxygens (including phenoxy) is 1. The minimum atomic E-state index is -0.443. The van der Waals surface area contributed by atoms with Gasteiger partial charge < -0.3 is 18.9 Å². The second-order valence-electron chi connectivity index (χ2n) is 9.45. The molecule has 0 aromatic carbocycles. The van der Waals surface area contributed by atoms with Crippen molar-refractivity contribution in [2.24, 2.45) is 5.41 Å². The largest absolute Gasteiger partial charge is 0.461 e. The molecule has 5 nitrogen and oxygen atoms in total. The van der Waals surface area contributed by atoms with Crippen molar-refractivity contribution >= 4 is 13.2 Å². The van der Waals surface area contributed by atoms with Gasteiger partial charge in [0.25, 0.3) is 0 Å². The Labute approximate surface area is 140 Å². The number of hydrogen-bond acceptors (Lipinski definition) is 4. The summed E-state index contributed by atoms with van der Waals surface area (Å²) >= 11 is 0. The van der Waals surface area contributed by atoms with Gasteiger partial charge in [-0.1, -0.05) is 0 Å². The fraction of sp³-hybridized carbons (Fsp3) is 0.941. The van der Waals surface area contributed by atoms with Crippen LogP contribution in [0.15, 0.2) is 0 Å². The van der Waals surface area contributed by atoms with E-state index >= 15 is 0 Å². The van der Waals surface area contributed by atoms with Crippen LogP contribution in [-0.2, 0) is 14.0 Å². The maximum absolute atomic E-state index is 12.3. The summed E-state index contributed by atoms with van der Waals surface area (Å²) in [5.74, 6) is 0.385. The van der Waals surface area contributed by atoms with Crippen molar-refractivity contribution in [3.63, 3.8) is 0 Å². The predicted octanol–water partition coefficient (Wildman–Crippen LogP) is 3.48. The van der Waals surface area contributed by atoms with Gasteiger partial charge in [-0.25, -0.2) is 4.79 Å². The molecule has 130 valence electrons. The van der Waals surface area contributed by atoms with Gasteiger partial charge in [0.1, 0.15) is 5.60 Å². The van der Waals surface area contributed by atoms with Gasteiger partial charge in [-0.3, -0.25) is 0 Å². The summed E-state index contributed by atoms with van der Waals surface area (Å²) in [4.78, 5) is 14.1. The van der Waals surface area contributed by atoms with Gasteiger partial charge in [-0.05, 0) is 66.7 Å². The molecule has 0 unspecified atom stereocenters. The Bertz CT molecular complexity index is 497. The minimum absolute atomic E-state index is 0.154. The maximum Gasteiger partial charge on any atom is 0.461 e.